The number of amides is 1. The average molecular weight is 934 g/mol. The van der Waals surface area contributed by atoms with Gasteiger partial charge in [-0.15, -0.1) is 0 Å². The van der Waals surface area contributed by atoms with E-state index >= 15 is 0 Å². The van der Waals surface area contributed by atoms with Crippen LogP contribution in [0.3, 0.4) is 0 Å². The van der Waals surface area contributed by atoms with Gasteiger partial charge in [0.05, 0.1) is 33.7 Å². The van der Waals surface area contributed by atoms with Gasteiger partial charge in [-0.25, -0.2) is 13.2 Å². The summed E-state index contributed by atoms with van der Waals surface area (Å²) >= 11 is 12.2. The Labute approximate surface area is 384 Å². The summed E-state index contributed by atoms with van der Waals surface area (Å²) in [4.78, 5) is 38.3. The zero-order valence-corrected chi connectivity index (χ0v) is 36.8. The molecule has 6 aromatic rings. The van der Waals surface area contributed by atoms with Crippen LogP contribution in [0.2, 0.25) is 10.0 Å². The second-order valence-corrected chi connectivity index (χ2v) is 17.9. The topological polar surface area (TPSA) is 187 Å². The average Bonchev–Trinajstić information content (AvgIpc) is 3.33. The number of methoxy groups -OCH3 is 1. The lowest BCUT2D eigenvalue weighted by atomic mass is 9.93. The zero-order valence-electron chi connectivity index (χ0n) is 34.5. The van der Waals surface area contributed by atoms with Gasteiger partial charge in [0.15, 0.2) is 22.5 Å². The molecule has 1 amide bonds. The van der Waals surface area contributed by atoms with Crippen LogP contribution in [0.4, 0.5) is 5.69 Å². The number of carbonyl (C=O) groups is 2. The predicted molar refractivity (Wildman–Crippen MR) is 240 cm³/mol. The highest BCUT2D eigenvalue weighted by Crippen LogP contribution is 2.42. The molecule has 65 heavy (non-hydrogen) atoms. The second-order valence-electron chi connectivity index (χ2n) is 15.3. The molecule has 3 atom stereocenters. The molecule has 0 aliphatic carbocycles. The molecule has 330 valence electrons. The van der Waals surface area contributed by atoms with E-state index in [1.54, 1.807) is 60.7 Å². The Morgan fingerprint density at radius 3 is 2.25 bits per heavy atom. The van der Waals surface area contributed by atoms with Crippen LogP contribution in [0.1, 0.15) is 39.5 Å². The Hall–Kier alpha value is -6.96. The van der Waals surface area contributed by atoms with Crippen LogP contribution in [-0.2, 0) is 50.3 Å². The van der Waals surface area contributed by atoms with Crippen molar-refractivity contribution in [1.82, 2.24) is 9.62 Å². The minimum Gasteiger partial charge on any atom is -0.489 e. The van der Waals surface area contributed by atoms with Gasteiger partial charge in [0, 0.05) is 19.0 Å². The summed E-state index contributed by atoms with van der Waals surface area (Å²) in [6.45, 7) is 0.0497. The monoisotopic (exact) mass is 932 g/mol. The summed E-state index contributed by atoms with van der Waals surface area (Å²) in [7, 11) is -3.56. The second kappa shape index (κ2) is 19.0. The third kappa shape index (κ3) is 9.76. The highest BCUT2D eigenvalue weighted by molar-refractivity contribution is 7.89. The summed E-state index contributed by atoms with van der Waals surface area (Å²) in [6.07, 6.45) is -0.709. The van der Waals surface area contributed by atoms with Gasteiger partial charge in [-0.05, 0) is 100.0 Å². The van der Waals surface area contributed by atoms with Gasteiger partial charge in [0.1, 0.15) is 31.0 Å². The molecular weight excluding hydrogens is 896 g/mol. The maximum absolute atomic E-state index is 14.6. The van der Waals surface area contributed by atoms with Crippen LogP contribution in [0.15, 0.2) is 132 Å². The van der Waals surface area contributed by atoms with Crippen LogP contribution in [0.5, 0.6) is 17.2 Å². The van der Waals surface area contributed by atoms with E-state index in [1.165, 1.54) is 19.2 Å². The molecule has 6 aromatic carbocycles. The van der Waals surface area contributed by atoms with Crippen molar-refractivity contribution in [1.29, 1.82) is 5.26 Å². The van der Waals surface area contributed by atoms with Crippen molar-refractivity contribution < 1.29 is 41.9 Å². The number of halogens is 2. The molecule has 1 N–H and O–H groups in total. The van der Waals surface area contributed by atoms with Gasteiger partial charge in [-0.1, -0.05) is 89.9 Å². The third-order valence-electron chi connectivity index (χ3n) is 11.1. The highest BCUT2D eigenvalue weighted by atomic mass is 35.5. The van der Waals surface area contributed by atoms with E-state index in [1.807, 2.05) is 42.5 Å². The first-order valence-corrected chi connectivity index (χ1v) is 22.4. The number of nitro groups is 1. The fraction of sp³-hybridized carbons (Fsp3) is 0.188. The number of benzene rings is 6. The highest BCUT2D eigenvalue weighted by Gasteiger charge is 2.44. The van der Waals surface area contributed by atoms with Gasteiger partial charge < -0.3 is 24.3 Å². The van der Waals surface area contributed by atoms with Crippen LogP contribution >= 0.6 is 23.2 Å². The first-order chi connectivity index (χ1) is 31.3. The fourth-order valence-electron chi connectivity index (χ4n) is 7.70. The molecule has 2 aliphatic rings. The zero-order chi connectivity index (χ0) is 45.8. The molecule has 0 bridgehead atoms. The summed E-state index contributed by atoms with van der Waals surface area (Å²) < 4.78 is 53.6. The number of carbonyl (C=O) groups excluding carboxylic acids is 2. The van der Waals surface area contributed by atoms with Crippen molar-refractivity contribution in [3.63, 3.8) is 0 Å². The SMILES string of the molecule is COC(=O)[C@H](Cc1ccc(-c2ccc(C#N)cc2)cc1)NC(=O)[C@@H]1Cc2cc3c(cc2CN1S(=O)(=O)c1ccccc1[N+](=O)[O-])O[C@@H](c1ccc(OCc2ccc(Cl)c(Cl)c2)cc1)CO3. The van der Waals surface area contributed by atoms with Gasteiger partial charge in [-0.3, -0.25) is 14.9 Å². The molecule has 14 nitrogen and oxygen atoms in total. The third-order valence-corrected chi connectivity index (χ3v) is 13.8. The van der Waals surface area contributed by atoms with E-state index in [2.05, 4.69) is 11.4 Å². The summed E-state index contributed by atoms with van der Waals surface area (Å²) in [5, 5.41) is 24.8. The first-order valence-electron chi connectivity index (χ1n) is 20.2. The van der Waals surface area contributed by atoms with Gasteiger partial charge >= 0.3 is 5.97 Å². The maximum atomic E-state index is 14.6. The van der Waals surface area contributed by atoms with Crippen molar-refractivity contribution in [3.05, 3.63) is 181 Å². The number of nitrogens with zero attached hydrogens (tertiary/aromatic N) is 3. The molecule has 0 spiro atoms. The quantitative estimate of drug-likeness (QED) is 0.0664. The van der Waals surface area contributed by atoms with E-state index in [9.17, 15) is 28.1 Å². The molecule has 0 fully saturated rings. The smallest absolute Gasteiger partial charge is 0.328 e. The number of esters is 1. The van der Waals surface area contributed by atoms with Gasteiger partial charge in [-0.2, -0.15) is 9.57 Å². The Morgan fingerprint density at radius 2 is 1.57 bits per heavy atom. The van der Waals surface area contributed by atoms with Gasteiger partial charge in [0.25, 0.3) is 15.7 Å². The maximum Gasteiger partial charge on any atom is 0.328 e. The summed E-state index contributed by atoms with van der Waals surface area (Å²) in [5.41, 5.74) is 4.96. The van der Waals surface area contributed by atoms with E-state index < -0.39 is 55.6 Å². The number of nitrogens with one attached hydrogen (secondary N) is 1. The first kappa shape index (κ1) is 44.6. The van der Waals surface area contributed by atoms with E-state index in [0.717, 1.165) is 38.7 Å². The van der Waals surface area contributed by atoms with Crippen LogP contribution in [-0.4, -0.2) is 55.3 Å². The molecule has 8 rings (SSSR count). The fourth-order valence-corrected chi connectivity index (χ4v) is 9.75. The summed E-state index contributed by atoms with van der Waals surface area (Å²) in [5.74, 6) is -0.257. The molecule has 0 radical (unpaired) electrons. The number of rotatable bonds is 13. The van der Waals surface area contributed by atoms with Crippen molar-refractivity contribution in [2.24, 2.45) is 0 Å². The molecule has 0 aromatic heterocycles. The van der Waals surface area contributed by atoms with Crippen molar-refractivity contribution >= 4 is 50.8 Å². The van der Waals surface area contributed by atoms with Crippen LogP contribution < -0.4 is 19.5 Å². The minimum atomic E-state index is -4.74. The van der Waals surface area contributed by atoms with Crippen molar-refractivity contribution in [3.8, 4) is 34.4 Å². The van der Waals surface area contributed by atoms with E-state index in [0.29, 0.717) is 49.5 Å². The lowest BCUT2D eigenvalue weighted by Gasteiger charge is -2.36. The number of nitro benzene ring substituents is 1. The number of hydrogen-bond donors (Lipinski definition) is 1. The standard InChI is InChI=1S/C48H38Cl2N4O10S/c1-61-48(56)40(21-29-6-11-32(12-7-29)33-13-8-30(25-51)9-14-33)52-47(55)42-22-35-23-43-44(24-36(35)26-53(42)65(59,60)46-5-3-2-4-41(46)54(57)58)64-45(28-63-43)34-15-17-37(18-16-34)62-27-31-10-19-38(49)39(50)20-31/h2-20,23-24,40,42,45H,21-22,26-28H2,1H3,(H,52,55)/t40-,42-,45+/m0/s1. The predicted octanol–water partition coefficient (Wildman–Crippen LogP) is 8.55. The van der Waals surface area contributed by atoms with E-state index in [-0.39, 0.29) is 32.6 Å². The molecular formula is C48H38Cl2N4O10S. The molecule has 0 saturated heterocycles. The minimum absolute atomic E-state index is 0.000608. The Balaban J connectivity index is 1.04. The Morgan fingerprint density at radius 1 is 0.892 bits per heavy atom. The van der Waals surface area contributed by atoms with Crippen LogP contribution in [0.25, 0.3) is 11.1 Å². The summed E-state index contributed by atoms with van der Waals surface area (Å²) in [6, 6.07) is 34.6. The normalized spacial score (nSPS) is 16.0. The molecule has 17 heteroatoms. The number of fused-ring (bicyclic) bond motifs is 2. The number of hydrogen-bond acceptors (Lipinski definition) is 11. The van der Waals surface area contributed by atoms with Gasteiger partial charge in [0.2, 0.25) is 5.91 Å². The lowest BCUT2D eigenvalue weighted by Crippen LogP contribution is -2.56. The number of para-hydroxylation sites is 1. The number of ether oxygens (including phenoxy) is 4. The largest absolute Gasteiger partial charge is 0.489 e. The van der Waals surface area contributed by atoms with Crippen LogP contribution in [0, 0.1) is 21.4 Å². The Kier molecular flexibility index (Phi) is 13.1. The van der Waals surface area contributed by atoms with Crippen molar-refractivity contribution in [2.75, 3.05) is 13.7 Å². The molecule has 2 aliphatic heterocycles. The lowest BCUT2D eigenvalue weighted by molar-refractivity contribution is -0.387. The molecule has 0 saturated carbocycles. The Bertz CT molecular complexity index is 2950. The molecule has 0 unspecified atom stereocenters. The number of nitriles is 1. The van der Waals surface area contributed by atoms with E-state index in [4.69, 9.17) is 47.4 Å². The molecule has 2 heterocycles. The van der Waals surface area contributed by atoms with Crippen molar-refractivity contribution in [2.45, 2.75) is 49.1 Å². The number of sulfonamides is 1.